The lowest BCUT2D eigenvalue weighted by Gasteiger charge is -1.96. The summed E-state index contributed by atoms with van der Waals surface area (Å²) in [6.07, 6.45) is 3.99. The molecular weight excluding hydrogens is 193 g/mol. The van der Waals surface area contributed by atoms with Gasteiger partial charge in [-0.2, -0.15) is 0 Å². The van der Waals surface area contributed by atoms with Crippen molar-refractivity contribution in [1.29, 1.82) is 0 Å². The van der Waals surface area contributed by atoms with E-state index in [2.05, 4.69) is 45.7 Å². The Labute approximate surface area is 106 Å². The molecule has 0 atom stereocenters. The minimum absolute atomic E-state index is 0. The van der Waals surface area contributed by atoms with Gasteiger partial charge in [0.15, 0.2) is 0 Å². The van der Waals surface area contributed by atoms with Crippen LogP contribution < -0.4 is 0 Å². The van der Waals surface area contributed by atoms with Crippen LogP contribution in [0.25, 0.3) is 0 Å². The zero-order chi connectivity index (χ0) is 11.6. The lowest BCUT2D eigenvalue weighted by atomic mass is 10.1. The van der Waals surface area contributed by atoms with Gasteiger partial charge in [0.1, 0.15) is 0 Å². The molecule has 1 rings (SSSR count). The lowest BCUT2D eigenvalue weighted by molar-refractivity contribution is 0.737. The van der Waals surface area contributed by atoms with Gasteiger partial charge in [-0.15, -0.1) is 0 Å². The largest absolute Gasteiger partial charge is 0.367 e. The predicted octanol–water partition coefficient (Wildman–Crippen LogP) is 5.08. The molecule has 1 nitrogen and oxygen atoms in total. The SMILES string of the molecule is C.CC.CC(C)C.CC(C)c1cc[nH]c1.[B]. The zero-order valence-electron chi connectivity index (χ0n) is 11.5. The molecular formula is C14H31BN. The van der Waals surface area contributed by atoms with Crippen molar-refractivity contribution < 1.29 is 0 Å². The summed E-state index contributed by atoms with van der Waals surface area (Å²) >= 11 is 0. The highest BCUT2D eigenvalue weighted by Gasteiger charge is 1.94. The van der Waals surface area contributed by atoms with Crippen LogP contribution in [0.5, 0.6) is 0 Å². The Morgan fingerprint density at radius 1 is 1.00 bits per heavy atom. The smallest absolute Gasteiger partial charge is 0.00399 e. The molecule has 2 heteroatoms. The van der Waals surface area contributed by atoms with Gasteiger partial charge in [-0.1, -0.05) is 55.9 Å². The van der Waals surface area contributed by atoms with Crippen LogP contribution in [0, 0.1) is 5.92 Å². The van der Waals surface area contributed by atoms with Gasteiger partial charge in [0, 0.05) is 20.8 Å². The Morgan fingerprint density at radius 3 is 1.50 bits per heavy atom. The van der Waals surface area contributed by atoms with Gasteiger partial charge in [0.05, 0.1) is 0 Å². The molecule has 0 amide bonds. The van der Waals surface area contributed by atoms with Crippen LogP contribution in [0.2, 0.25) is 0 Å². The maximum Gasteiger partial charge on any atom is 0.00399 e. The van der Waals surface area contributed by atoms with E-state index >= 15 is 0 Å². The van der Waals surface area contributed by atoms with E-state index in [0.717, 1.165) is 5.92 Å². The summed E-state index contributed by atoms with van der Waals surface area (Å²) in [5, 5.41) is 0. The van der Waals surface area contributed by atoms with Crippen molar-refractivity contribution in [3.8, 4) is 0 Å². The van der Waals surface area contributed by atoms with Crippen molar-refractivity contribution in [2.24, 2.45) is 5.92 Å². The average molecular weight is 224 g/mol. The van der Waals surface area contributed by atoms with E-state index in [1.807, 2.05) is 26.2 Å². The third-order valence-corrected chi connectivity index (χ3v) is 1.29. The summed E-state index contributed by atoms with van der Waals surface area (Å²) < 4.78 is 0. The molecule has 0 saturated carbocycles. The number of hydrogen-bond donors (Lipinski definition) is 1. The van der Waals surface area contributed by atoms with Crippen LogP contribution in [0.4, 0.5) is 0 Å². The quantitative estimate of drug-likeness (QED) is 0.640. The number of nitrogens with one attached hydrogen (secondary N) is 1. The molecule has 0 aliphatic rings. The minimum atomic E-state index is 0. The standard InChI is InChI=1S/C7H11N.C4H10.C2H6.CH4.B/c1-6(2)7-3-4-8-5-7;1-4(2)3;1-2;;/h3-6,8H,1-2H3;4H,1-3H3;1-2H3;1H4;. The third kappa shape index (κ3) is 19.0. The third-order valence-electron chi connectivity index (χ3n) is 1.29. The molecule has 0 saturated heterocycles. The number of H-pyrrole nitrogens is 1. The van der Waals surface area contributed by atoms with Crippen LogP contribution in [0.15, 0.2) is 18.5 Å². The van der Waals surface area contributed by atoms with Gasteiger partial charge < -0.3 is 4.98 Å². The van der Waals surface area contributed by atoms with Crippen molar-refractivity contribution >= 4 is 8.41 Å². The first-order chi connectivity index (χ1) is 6.54. The fourth-order valence-corrected chi connectivity index (χ4v) is 0.696. The Morgan fingerprint density at radius 2 is 1.38 bits per heavy atom. The number of hydrogen-bond acceptors (Lipinski definition) is 0. The van der Waals surface area contributed by atoms with Crippen molar-refractivity contribution in [2.45, 2.75) is 61.8 Å². The molecule has 1 heterocycles. The Kier molecular flexibility index (Phi) is 25.7. The number of aromatic nitrogens is 1. The fourth-order valence-electron chi connectivity index (χ4n) is 0.696. The molecule has 3 radical (unpaired) electrons. The monoisotopic (exact) mass is 224 g/mol. The molecule has 0 bridgehead atoms. The van der Waals surface area contributed by atoms with E-state index in [4.69, 9.17) is 0 Å². The first-order valence-corrected chi connectivity index (χ1v) is 5.66. The maximum atomic E-state index is 3.01. The molecule has 95 valence electrons. The van der Waals surface area contributed by atoms with Crippen molar-refractivity contribution in [2.75, 3.05) is 0 Å². The van der Waals surface area contributed by atoms with Gasteiger partial charge >= 0.3 is 0 Å². The van der Waals surface area contributed by atoms with Gasteiger partial charge in [0.25, 0.3) is 0 Å². The van der Waals surface area contributed by atoms with Crippen LogP contribution >= 0.6 is 0 Å². The minimum Gasteiger partial charge on any atom is -0.367 e. The second kappa shape index (κ2) is 16.8. The molecule has 0 aliphatic heterocycles. The van der Waals surface area contributed by atoms with E-state index in [9.17, 15) is 0 Å². The Hall–Kier alpha value is -0.655. The van der Waals surface area contributed by atoms with Crippen LogP contribution in [0.1, 0.15) is 67.4 Å². The van der Waals surface area contributed by atoms with Crippen LogP contribution in [0.3, 0.4) is 0 Å². The first kappa shape index (κ1) is 24.5. The van der Waals surface area contributed by atoms with Crippen LogP contribution in [-0.2, 0) is 0 Å². The molecule has 1 N–H and O–H groups in total. The highest BCUT2D eigenvalue weighted by molar-refractivity contribution is 5.75. The van der Waals surface area contributed by atoms with E-state index in [-0.39, 0.29) is 15.8 Å². The highest BCUT2D eigenvalue weighted by Crippen LogP contribution is 2.10. The first-order valence-electron chi connectivity index (χ1n) is 5.66. The van der Waals surface area contributed by atoms with Crippen LogP contribution in [-0.4, -0.2) is 13.4 Å². The molecule has 0 aromatic carbocycles. The fraction of sp³-hybridized carbons (Fsp3) is 0.714. The van der Waals surface area contributed by atoms with E-state index < -0.39 is 0 Å². The molecule has 1 aromatic heterocycles. The van der Waals surface area contributed by atoms with Gasteiger partial charge in [-0.3, -0.25) is 0 Å². The summed E-state index contributed by atoms with van der Waals surface area (Å²) in [4.78, 5) is 3.01. The maximum absolute atomic E-state index is 3.01. The van der Waals surface area contributed by atoms with E-state index in [1.54, 1.807) is 0 Å². The van der Waals surface area contributed by atoms with Gasteiger partial charge in [-0.05, 0) is 23.5 Å². The molecule has 1 aromatic rings. The van der Waals surface area contributed by atoms with E-state index in [1.165, 1.54) is 5.56 Å². The second-order valence-corrected chi connectivity index (χ2v) is 4.03. The topological polar surface area (TPSA) is 15.8 Å². The second-order valence-electron chi connectivity index (χ2n) is 4.03. The van der Waals surface area contributed by atoms with Crippen molar-refractivity contribution in [3.63, 3.8) is 0 Å². The average Bonchev–Trinajstić information content (AvgIpc) is 2.58. The molecule has 16 heavy (non-hydrogen) atoms. The molecule has 0 spiro atoms. The summed E-state index contributed by atoms with van der Waals surface area (Å²) in [7, 11) is 0. The zero-order valence-corrected chi connectivity index (χ0v) is 11.5. The summed E-state index contributed by atoms with van der Waals surface area (Å²) in [6, 6.07) is 2.10. The number of rotatable bonds is 1. The highest BCUT2D eigenvalue weighted by atomic mass is 14.6. The Balaban J connectivity index is -0.0000000793. The summed E-state index contributed by atoms with van der Waals surface area (Å²) in [6.45, 7) is 14.9. The number of aromatic amines is 1. The van der Waals surface area contributed by atoms with Gasteiger partial charge in [0.2, 0.25) is 0 Å². The molecule has 0 fully saturated rings. The summed E-state index contributed by atoms with van der Waals surface area (Å²) in [5.41, 5.74) is 1.38. The predicted molar refractivity (Wildman–Crippen MR) is 79.2 cm³/mol. The molecule has 0 aliphatic carbocycles. The van der Waals surface area contributed by atoms with Crippen molar-refractivity contribution in [3.05, 3.63) is 24.0 Å². The van der Waals surface area contributed by atoms with Gasteiger partial charge in [-0.25, -0.2) is 0 Å². The summed E-state index contributed by atoms with van der Waals surface area (Å²) in [5.74, 6) is 1.49. The van der Waals surface area contributed by atoms with Crippen molar-refractivity contribution in [1.82, 2.24) is 4.98 Å². The normalized spacial score (nSPS) is 7.81. The Bertz CT molecular complexity index is 176. The van der Waals surface area contributed by atoms with E-state index in [0.29, 0.717) is 5.92 Å². The molecule has 0 unspecified atom stereocenters. The lowest BCUT2D eigenvalue weighted by Crippen LogP contribution is -1.79.